The van der Waals surface area contributed by atoms with Gasteiger partial charge >= 0.3 is 5.97 Å². The molecule has 0 unspecified atom stereocenters. The van der Waals surface area contributed by atoms with E-state index < -0.39 is 17.3 Å². The van der Waals surface area contributed by atoms with Crippen LogP contribution in [0.3, 0.4) is 0 Å². The van der Waals surface area contributed by atoms with E-state index in [0.717, 1.165) is 0 Å². The summed E-state index contributed by atoms with van der Waals surface area (Å²) in [5.74, 6) is -1.20. The molecule has 0 saturated carbocycles. The lowest BCUT2D eigenvalue weighted by Gasteiger charge is -2.08. The predicted molar refractivity (Wildman–Crippen MR) is 96.3 cm³/mol. The van der Waals surface area contributed by atoms with Crippen molar-refractivity contribution in [1.29, 1.82) is 0 Å². The number of nitrogens with zero attached hydrogens (tertiary/aromatic N) is 2. The number of H-pyrrole nitrogens is 1. The second-order valence-corrected chi connectivity index (χ2v) is 6.49. The molecule has 1 N–H and O–H groups in total. The molecule has 8 heteroatoms. The summed E-state index contributed by atoms with van der Waals surface area (Å²) in [4.78, 5) is 27.5. The molecule has 1 aromatic carbocycles. The van der Waals surface area contributed by atoms with Crippen LogP contribution in [0.4, 0.5) is 4.39 Å². The zero-order valence-corrected chi connectivity index (χ0v) is 15.2. The fourth-order valence-electron chi connectivity index (χ4n) is 2.87. The van der Waals surface area contributed by atoms with E-state index in [4.69, 9.17) is 16.3 Å². The van der Waals surface area contributed by atoms with Crippen LogP contribution in [0.2, 0.25) is 5.02 Å². The van der Waals surface area contributed by atoms with Gasteiger partial charge in [0.2, 0.25) is 0 Å². The zero-order valence-electron chi connectivity index (χ0n) is 14.5. The molecule has 0 fully saturated rings. The van der Waals surface area contributed by atoms with Gasteiger partial charge in [-0.05, 0) is 31.0 Å². The number of nitrogens with one attached hydrogen (secondary N) is 1. The Morgan fingerprint density at radius 3 is 2.81 bits per heavy atom. The molecule has 0 aliphatic rings. The van der Waals surface area contributed by atoms with Crippen LogP contribution in [-0.2, 0) is 4.74 Å². The van der Waals surface area contributed by atoms with Gasteiger partial charge in [-0.15, -0.1) is 5.10 Å². The second-order valence-electron chi connectivity index (χ2n) is 6.05. The first-order chi connectivity index (χ1) is 12.3. The number of benzene rings is 1. The van der Waals surface area contributed by atoms with Gasteiger partial charge in [0, 0.05) is 16.8 Å². The highest BCUT2D eigenvalue weighted by Gasteiger charge is 2.24. The Labute approximate surface area is 153 Å². The number of ether oxygens (including phenoxy) is 1. The summed E-state index contributed by atoms with van der Waals surface area (Å²) in [5.41, 5.74) is 0.621. The van der Waals surface area contributed by atoms with E-state index in [2.05, 4.69) is 10.1 Å². The average molecular weight is 378 g/mol. The van der Waals surface area contributed by atoms with Gasteiger partial charge in [0.25, 0.3) is 5.56 Å². The third kappa shape index (κ3) is 3.10. The Hall–Kier alpha value is -2.67. The molecule has 136 valence electrons. The summed E-state index contributed by atoms with van der Waals surface area (Å²) in [7, 11) is 0. The maximum absolute atomic E-state index is 14.1. The van der Waals surface area contributed by atoms with Gasteiger partial charge in [-0.2, -0.15) is 0 Å². The maximum Gasteiger partial charge on any atom is 0.340 e. The zero-order chi connectivity index (χ0) is 19.0. The predicted octanol–water partition coefficient (Wildman–Crippen LogP) is 3.78. The largest absolute Gasteiger partial charge is 0.462 e. The molecule has 0 atom stereocenters. The number of esters is 1. The van der Waals surface area contributed by atoms with Crippen LogP contribution in [0.15, 0.2) is 29.2 Å². The molecule has 0 aliphatic carbocycles. The maximum atomic E-state index is 14.1. The van der Waals surface area contributed by atoms with E-state index in [-0.39, 0.29) is 35.0 Å². The number of carbonyl (C=O) groups excluding carboxylic acids is 1. The molecule has 3 aromatic rings. The molecule has 0 saturated heterocycles. The molecule has 2 aromatic heterocycles. The third-order valence-electron chi connectivity index (χ3n) is 3.94. The molecule has 0 aliphatic heterocycles. The summed E-state index contributed by atoms with van der Waals surface area (Å²) in [5, 5.41) is 4.58. The SMILES string of the molecule is CCOC(=O)c1cn2nc(-c3cc(Cl)ccc3F)[nH]c(=O)c2c1C(C)C. The Morgan fingerprint density at radius 1 is 1.42 bits per heavy atom. The van der Waals surface area contributed by atoms with Crippen molar-refractivity contribution in [3.8, 4) is 11.4 Å². The van der Waals surface area contributed by atoms with Gasteiger partial charge in [0.15, 0.2) is 5.82 Å². The fraction of sp³-hybridized carbons (Fsp3) is 0.278. The molecular formula is C18H17ClFN3O3. The van der Waals surface area contributed by atoms with Crippen molar-refractivity contribution in [2.75, 3.05) is 6.61 Å². The van der Waals surface area contributed by atoms with Gasteiger partial charge in [0.1, 0.15) is 11.3 Å². The fourth-order valence-corrected chi connectivity index (χ4v) is 3.04. The van der Waals surface area contributed by atoms with Crippen molar-refractivity contribution >= 4 is 23.1 Å². The molecule has 26 heavy (non-hydrogen) atoms. The van der Waals surface area contributed by atoms with E-state index in [9.17, 15) is 14.0 Å². The minimum absolute atomic E-state index is 0.0169. The number of aromatic nitrogens is 3. The third-order valence-corrected chi connectivity index (χ3v) is 4.17. The summed E-state index contributed by atoms with van der Waals surface area (Å²) < 4.78 is 20.5. The lowest BCUT2D eigenvalue weighted by Crippen LogP contribution is -2.15. The molecule has 6 nitrogen and oxygen atoms in total. The first-order valence-electron chi connectivity index (χ1n) is 8.11. The van der Waals surface area contributed by atoms with Gasteiger partial charge in [-0.25, -0.2) is 13.7 Å². The van der Waals surface area contributed by atoms with Crippen molar-refractivity contribution in [1.82, 2.24) is 14.6 Å². The van der Waals surface area contributed by atoms with E-state index in [1.807, 2.05) is 13.8 Å². The van der Waals surface area contributed by atoms with Crippen LogP contribution in [-0.4, -0.2) is 27.2 Å². The van der Waals surface area contributed by atoms with Gasteiger partial charge in [-0.3, -0.25) is 4.79 Å². The quantitative estimate of drug-likeness (QED) is 0.702. The second kappa shape index (κ2) is 6.92. The summed E-state index contributed by atoms with van der Waals surface area (Å²) >= 11 is 5.92. The van der Waals surface area contributed by atoms with Gasteiger partial charge in [-0.1, -0.05) is 25.4 Å². The average Bonchev–Trinajstić information content (AvgIpc) is 2.97. The normalized spacial score (nSPS) is 11.3. The van der Waals surface area contributed by atoms with Crippen LogP contribution < -0.4 is 5.56 Å². The molecule has 0 bridgehead atoms. The van der Waals surface area contributed by atoms with E-state index in [1.54, 1.807) is 6.92 Å². The Morgan fingerprint density at radius 2 is 2.15 bits per heavy atom. The first kappa shape index (κ1) is 18.1. The highest BCUT2D eigenvalue weighted by molar-refractivity contribution is 6.30. The van der Waals surface area contributed by atoms with Gasteiger partial charge < -0.3 is 9.72 Å². The lowest BCUT2D eigenvalue weighted by atomic mass is 10.0. The van der Waals surface area contributed by atoms with Crippen LogP contribution in [0.1, 0.15) is 42.6 Å². The molecule has 0 spiro atoms. The number of fused-ring (bicyclic) bond motifs is 1. The monoisotopic (exact) mass is 377 g/mol. The van der Waals surface area contributed by atoms with E-state index in [0.29, 0.717) is 10.6 Å². The number of carbonyl (C=O) groups is 1. The number of hydrogen-bond acceptors (Lipinski definition) is 4. The number of aromatic amines is 1. The van der Waals surface area contributed by atoms with Crippen LogP contribution in [0.25, 0.3) is 16.9 Å². The number of halogens is 2. The smallest absolute Gasteiger partial charge is 0.340 e. The summed E-state index contributed by atoms with van der Waals surface area (Å²) in [6.07, 6.45) is 1.43. The van der Waals surface area contributed by atoms with Crippen LogP contribution in [0.5, 0.6) is 0 Å². The lowest BCUT2D eigenvalue weighted by molar-refractivity contribution is 0.0525. The Kier molecular flexibility index (Phi) is 4.82. The Balaban J connectivity index is 2.28. The minimum Gasteiger partial charge on any atom is -0.462 e. The van der Waals surface area contributed by atoms with Gasteiger partial charge in [0.05, 0.1) is 17.7 Å². The van der Waals surface area contributed by atoms with Crippen LogP contribution in [0, 0.1) is 5.82 Å². The molecule has 2 heterocycles. The highest BCUT2D eigenvalue weighted by atomic mass is 35.5. The number of hydrogen-bond donors (Lipinski definition) is 1. The number of rotatable bonds is 4. The molecule has 0 amide bonds. The first-order valence-corrected chi connectivity index (χ1v) is 8.49. The summed E-state index contributed by atoms with van der Waals surface area (Å²) in [6, 6.07) is 3.98. The minimum atomic E-state index is -0.571. The van der Waals surface area contributed by atoms with Crippen molar-refractivity contribution in [3.05, 3.63) is 56.7 Å². The van der Waals surface area contributed by atoms with Crippen LogP contribution >= 0.6 is 11.6 Å². The molecule has 3 rings (SSSR count). The highest BCUT2D eigenvalue weighted by Crippen LogP contribution is 2.27. The van der Waals surface area contributed by atoms with Crippen molar-refractivity contribution in [2.45, 2.75) is 26.7 Å². The van der Waals surface area contributed by atoms with Crippen molar-refractivity contribution in [2.24, 2.45) is 0 Å². The van der Waals surface area contributed by atoms with E-state index >= 15 is 0 Å². The van der Waals surface area contributed by atoms with E-state index in [1.165, 1.54) is 28.9 Å². The molecular weight excluding hydrogens is 361 g/mol. The standard InChI is InChI=1S/C18H17ClFN3O3/c1-4-26-18(25)12-8-23-15(14(12)9(2)3)17(24)21-16(22-23)11-7-10(19)5-6-13(11)20/h5-9H,4H2,1-3H3,(H,21,22,24). The summed E-state index contributed by atoms with van der Waals surface area (Å²) in [6.45, 7) is 5.64. The van der Waals surface area contributed by atoms with Crippen molar-refractivity contribution in [3.63, 3.8) is 0 Å². The van der Waals surface area contributed by atoms with Crippen molar-refractivity contribution < 1.29 is 13.9 Å². The topological polar surface area (TPSA) is 76.5 Å². The Bertz CT molecular complexity index is 1060. The molecule has 0 radical (unpaired) electrons.